The Morgan fingerprint density at radius 2 is 2.25 bits per heavy atom. The van der Waals surface area contributed by atoms with E-state index >= 15 is 0 Å². The van der Waals surface area contributed by atoms with Crippen LogP contribution < -0.4 is 11.1 Å². The van der Waals surface area contributed by atoms with E-state index in [0.29, 0.717) is 23.8 Å². The highest BCUT2D eigenvalue weighted by Gasteiger charge is 2.16. The van der Waals surface area contributed by atoms with Crippen molar-refractivity contribution in [1.29, 1.82) is 0 Å². The van der Waals surface area contributed by atoms with E-state index in [4.69, 9.17) is 5.73 Å². The predicted molar refractivity (Wildman–Crippen MR) is 64.2 cm³/mol. The SMILES string of the molecule is CCCc1[nH]nc(C(=O)NCC(C)C)c1N. The van der Waals surface area contributed by atoms with Gasteiger partial charge in [0.1, 0.15) is 0 Å². The van der Waals surface area contributed by atoms with E-state index in [1.807, 2.05) is 13.8 Å². The van der Waals surface area contributed by atoms with Crippen molar-refractivity contribution < 1.29 is 4.79 Å². The average Bonchev–Trinajstić information content (AvgIpc) is 2.58. The fourth-order valence-corrected chi connectivity index (χ4v) is 1.38. The summed E-state index contributed by atoms with van der Waals surface area (Å²) in [6.07, 6.45) is 1.79. The quantitative estimate of drug-likeness (QED) is 0.705. The number of rotatable bonds is 5. The lowest BCUT2D eigenvalue weighted by Gasteiger charge is -2.06. The average molecular weight is 224 g/mol. The van der Waals surface area contributed by atoms with Crippen molar-refractivity contribution in [2.45, 2.75) is 33.6 Å². The van der Waals surface area contributed by atoms with E-state index in [1.165, 1.54) is 0 Å². The van der Waals surface area contributed by atoms with Gasteiger partial charge in [-0.1, -0.05) is 27.2 Å². The van der Waals surface area contributed by atoms with E-state index < -0.39 is 0 Å². The Hall–Kier alpha value is -1.52. The fourth-order valence-electron chi connectivity index (χ4n) is 1.38. The van der Waals surface area contributed by atoms with Crippen molar-refractivity contribution in [3.05, 3.63) is 11.4 Å². The Labute approximate surface area is 95.8 Å². The summed E-state index contributed by atoms with van der Waals surface area (Å²) in [5, 5.41) is 9.55. The Balaban J connectivity index is 2.69. The molecule has 0 saturated carbocycles. The summed E-state index contributed by atoms with van der Waals surface area (Å²) in [5.41, 5.74) is 7.47. The second-order valence-corrected chi connectivity index (χ2v) is 4.32. The van der Waals surface area contributed by atoms with Gasteiger partial charge in [0.25, 0.3) is 5.91 Å². The second-order valence-electron chi connectivity index (χ2n) is 4.32. The number of aromatic nitrogens is 2. The Morgan fingerprint density at radius 1 is 1.56 bits per heavy atom. The number of carbonyl (C=O) groups is 1. The Kier molecular flexibility index (Phi) is 4.34. The van der Waals surface area contributed by atoms with Crippen molar-refractivity contribution >= 4 is 11.6 Å². The molecule has 1 amide bonds. The third-order valence-corrected chi connectivity index (χ3v) is 2.27. The topological polar surface area (TPSA) is 83.8 Å². The minimum Gasteiger partial charge on any atom is -0.395 e. The van der Waals surface area contributed by atoms with Crippen molar-refractivity contribution in [2.75, 3.05) is 12.3 Å². The molecule has 0 aliphatic rings. The van der Waals surface area contributed by atoms with Gasteiger partial charge in [-0.25, -0.2) is 0 Å². The van der Waals surface area contributed by atoms with Crippen LogP contribution in [-0.2, 0) is 6.42 Å². The number of aryl methyl sites for hydroxylation is 1. The first kappa shape index (κ1) is 12.5. The standard InChI is InChI=1S/C11H20N4O/c1-4-5-8-9(12)10(15-14-8)11(16)13-6-7(2)3/h7H,4-6,12H2,1-3H3,(H,13,16)(H,14,15). The van der Waals surface area contributed by atoms with Crippen LogP contribution in [0.2, 0.25) is 0 Å². The largest absolute Gasteiger partial charge is 0.395 e. The molecule has 0 radical (unpaired) electrons. The number of hydrogen-bond donors (Lipinski definition) is 3. The summed E-state index contributed by atoms with van der Waals surface area (Å²) in [6, 6.07) is 0. The first-order valence-electron chi connectivity index (χ1n) is 5.67. The van der Waals surface area contributed by atoms with Crippen LogP contribution in [0.4, 0.5) is 5.69 Å². The molecule has 0 saturated heterocycles. The van der Waals surface area contributed by atoms with E-state index in [1.54, 1.807) is 0 Å². The van der Waals surface area contributed by atoms with E-state index in [2.05, 4.69) is 22.4 Å². The zero-order valence-electron chi connectivity index (χ0n) is 10.1. The molecule has 1 aromatic heterocycles. The lowest BCUT2D eigenvalue weighted by atomic mass is 10.2. The van der Waals surface area contributed by atoms with E-state index in [9.17, 15) is 4.79 Å². The molecular formula is C11H20N4O. The normalized spacial score (nSPS) is 10.8. The van der Waals surface area contributed by atoms with Crippen molar-refractivity contribution in [1.82, 2.24) is 15.5 Å². The maximum atomic E-state index is 11.7. The molecule has 1 rings (SSSR count). The van der Waals surface area contributed by atoms with Gasteiger partial charge in [0.15, 0.2) is 5.69 Å². The number of nitrogen functional groups attached to an aromatic ring is 1. The maximum absolute atomic E-state index is 11.7. The molecule has 4 N–H and O–H groups in total. The highest BCUT2D eigenvalue weighted by molar-refractivity contribution is 5.97. The molecule has 0 aromatic carbocycles. The molecule has 0 unspecified atom stereocenters. The molecule has 1 aromatic rings. The van der Waals surface area contributed by atoms with Gasteiger partial charge >= 0.3 is 0 Å². The Morgan fingerprint density at radius 3 is 2.81 bits per heavy atom. The van der Waals surface area contributed by atoms with Crippen LogP contribution in [0.15, 0.2) is 0 Å². The van der Waals surface area contributed by atoms with Crippen molar-refractivity contribution in [3.8, 4) is 0 Å². The minimum absolute atomic E-state index is 0.204. The third kappa shape index (κ3) is 2.98. The molecule has 0 spiro atoms. The lowest BCUT2D eigenvalue weighted by molar-refractivity contribution is 0.0945. The van der Waals surface area contributed by atoms with Crippen LogP contribution in [0.25, 0.3) is 0 Å². The first-order chi connectivity index (χ1) is 7.56. The number of anilines is 1. The summed E-state index contributed by atoms with van der Waals surface area (Å²) in [5.74, 6) is 0.212. The fraction of sp³-hybridized carbons (Fsp3) is 0.636. The van der Waals surface area contributed by atoms with Gasteiger partial charge in [-0.2, -0.15) is 5.10 Å². The number of nitrogens with one attached hydrogen (secondary N) is 2. The number of amides is 1. The van der Waals surface area contributed by atoms with Crippen molar-refractivity contribution in [2.24, 2.45) is 5.92 Å². The molecule has 90 valence electrons. The number of nitrogens with two attached hydrogens (primary N) is 1. The molecule has 1 heterocycles. The van der Waals surface area contributed by atoms with Gasteiger partial charge in [-0.05, 0) is 12.3 Å². The lowest BCUT2D eigenvalue weighted by Crippen LogP contribution is -2.28. The van der Waals surface area contributed by atoms with Crippen LogP contribution in [0.3, 0.4) is 0 Å². The summed E-state index contributed by atoms with van der Waals surface area (Å²) in [4.78, 5) is 11.7. The van der Waals surface area contributed by atoms with Gasteiger partial charge in [0, 0.05) is 6.54 Å². The summed E-state index contributed by atoms with van der Waals surface area (Å²) in [7, 11) is 0. The minimum atomic E-state index is -0.204. The smallest absolute Gasteiger partial charge is 0.273 e. The molecule has 0 bridgehead atoms. The number of carbonyl (C=O) groups excluding carboxylic acids is 1. The molecule has 16 heavy (non-hydrogen) atoms. The molecular weight excluding hydrogens is 204 g/mol. The van der Waals surface area contributed by atoms with Gasteiger partial charge in [0.2, 0.25) is 0 Å². The summed E-state index contributed by atoms with van der Waals surface area (Å²) >= 11 is 0. The van der Waals surface area contributed by atoms with Crippen LogP contribution in [-0.4, -0.2) is 22.6 Å². The van der Waals surface area contributed by atoms with E-state index in [-0.39, 0.29) is 5.91 Å². The highest BCUT2D eigenvalue weighted by atomic mass is 16.1. The predicted octanol–water partition coefficient (Wildman–Crippen LogP) is 1.33. The van der Waals surface area contributed by atoms with E-state index in [0.717, 1.165) is 18.5 Å². The van der Waals surface area contributed by atoms with Gasteiger partial charge in [-0.3, -0.25) is 9.89 Å². The Bertz CT molecular complexity index is 357. The number of H-pyrrole nitrogens is 1. The van der Waals surface area contributed by atoms with Gasteiger partial charge in [-0.15, -0.1) is 0 Å². The van der Waals surface area contributed by atoms with Gasteiger partial charge < -0.3 is 11.1 Å². The monoisotopic (exact) mass is 224 g/mol. The van der Waals surface area contributed by atoms with Crippen molar-refractivity contribution in [3.63, 3.8) is 0 Å². The number of aromatic amines is 1. The molecule has 0 atom stereocenters. The molecule has 0 aliphatic carbocycles. The highest BCUT2D eigenvalue weighted by Crippen LogP contribution is 2.15. The maximum Gasteiger partial charge on any atom is 0.273 e. The second kappa shape index (κ2) is 5.53. The van der Waals surface area contributed by atoms with Crippen LogP contribution in [0.5, 0.6) is 0 Å². The number of hydrogen-bond acceptors (Lipinski definition) is 3. The first-order valence-corrected chi connectivity index (χ1v) is 5.67. The zero-order chi connectivity index (χ0) is 12.1. The molecule has 0 fully saturated rings. The summed E-state index contributed by atoms with van der Waals surface area (Å²) in [6.45, 7) is 6.76. The van der Waals surface area contributed by atoms with Crippen LogP contribution >= 0.6 is 0 Å². The zero-order valence-corrected chi connectivity index (χ0v) is 10.1. The third-order valence-electron chi connectivity index (χ3n) is 2.27. The van der Waals surface area contributed by atoms with Crippen LogP contribution in [0.1, 0.15) is 43.4 Å². The number of nitrogens with zero attached hydrogens (tertiary/aromatic N) is 1. The van der Waals surface area contributed by atoms with Gasteiger partial charge in [0.05, 0.1) is 11.4 Å². The van der Waals surface area contributed by atoms with Crippen LogP contribution in [0, 0.1) is 5.92 Å². The molecule has 5 heteroatoms. The molecule has 5 nitrogen and oxygen atoms in total. The summed E-state index contributed by atoms with van der Waals surface area (Å²) < 4.78 is 0. The molecule has 0 aliphatic heterocycles.